The largest absolute Gasteiger partial charge is 0.335 e. The van der Waals surface area contributed by atoms with Gasteiger partial charge in [0, 0.05) is 37.6 Å². The summed E-state index contributed by atoms with van der Waals surface area (Å²) in [5, 5.41) is 1.43. The minimum Gasteiger partial charge on any atom is -0.335 e. The van der Waals surface area contributed by atoms with Crippen LogP contribution in [-0.2, 0) is 0 Å². The Balaban J connectivity index is 1.40. The predicted molar refractivity (Wildman–Crippen MR) is 116 cm³/mol. The van der Waals surface area contributed by atoms with E-state index in [2.05, 4.69) is 4.98 Å². The smallest absolute Gasteiger partial charge is 0.256 e. The zero-order chi connectivity index (χ0) is 21.1. The molecule has 30 heavy (non-hydrogen) atoms. The van der Waals surface area contributed by atoms with E-state index in [9.17, 15) is 14.0 Å². The summed E-state index contributed by atoms with van der Waals surface area (Å²) in [7, 11) is 0. The number of rotatable bonds is 4. The Labute approximate surface area is 184 Å². The second-order valence-electron chi connectivity index (χ2n) is 7.59. The van der Waals surface area contributed by atoms with Crippen LogP contribution in [0.25, 0.3) is 0 Å². The number of pyridine rings is 1. The fraction of sp³-hybridized carbons (Fsp3) is 0.409. The maximum absolute atomic E-state index is 13.3. The third kappa shape index (κ3) is 4.62. The van der Waals surface area contributed by atoms with Crippen LogP contribution in [-0.4, -0.2) is 58.0 Å². The van der Waals surface area contributed by atoms with Crippen molar-refractivity contribution < 1.29 is 14.0 Å². The zero-order valence-corrected chi connectivity index (χ0v) is 18.1. The number of benzene rings is 1. The van der Waals surface area contributed by atoms with Crippen molar-refractivity contribution >= 4 is 35.2 Å². The van der Waals surface area contributed by atoms with Crippen molar-refractivity contribution in [2.24, 2.45) is 0 Å². The molecule has 1 aliphatic carbocycles. The summed E-state index contributed by atoms with van der Waals surface area (Å²) >= 11 is 7.74. The second-order valence-corrected chi connectivity index (χ2v) is 9.29. The highest BCUT2D eigenvalue weighted by atomic mass is 35.5. The Bertz CT molecular complexity index is 944. The van der Waals surface area contributed by atoms with Crippen LogP contribution in [0.3, 0.4) is 0 Å². The van der Waals surface area contributed by atoms with E-state index in [4.69, 9.17) is 11.6 Å². The number of thioether (sulfide) groups is 1. The fourth-order valence-electron chi connectivity index (χ4n) is 3.93. The average Bonchev–Trinajstić information content (AvgIpc) is 3.26. The molecule has 2 amide bonds. The number of carbonyl (C=O) groups excluding carboxylic acids is 2. The van der Waals surface area contributed by atoms with Crippen molar-refractivity contribution in [2.45, 2.75) is 36.0 Å². The van der Waals surface area contributed by atoms with E-state index < -0.39 is 5.82 Å². The van der Waals surface area contributed by atoms with E-state index in [1.807, 2.05) is 6.07 Å². The van der Waals surface area contributed by atoms with Crippen LogP contribution in [0.2, 0.25) is 5.02 Å². The van der Waals surface area contributed by atoms with Crippen molar-refractivity contribution in [3.05, 3.63) is 58.5 Å². The molecule has 5 nitrogen and oxygen atoms in total. The minimum atomic E-state index is -0.477. The summed E-state index contributed by atoms with van der Waals surface area (Å²) in [5.41, 5.74) is 0.913. The van der Waals surface area contributed by atoms with Gasteiger partial charge < -0.3 is 9.80 Å². The van der Waals surface area contributed by atoms with Crippen molar-refractivity contribution in [3.8, 4) is 0 Å². The summed E-state index contributed by atoms with van der Waals surface area (Å²) in [4.78, 5) is 33.8. The molecule has 2 aromatic rings. The van der Waals surface area contributed by atoms with Crippen LogP contribution in [0.4, 0.5) is 4.39 Å². The van der Waals surface area contributed by atoms with Crippen LogP contribution in [0.5, 0.6) is 0 Å². The lowest BCUT2D eigenvalue weighted by atomic mass is 10.1. The third-order valence-electron chi connectivity index (χ3n) is 5.60. The first-order valence-corrected chi connectivity index (χ1v) is 11.4. The van der Waals surface area contributed by atoms with Gasteiger partial charge >= 0.3 is 0 Å². The number of carbonyl (C=O) groups is 2. The molecule has 1 aromatic heterocycles. The molecule has 8 heteroatoms. The van der Waals surface area contributed by atoms with Crippen LogP contribution in [0, 0.1) is 5.82 Å². The van der Waals surface area contributed by atoms with E-state index in [0.717, 1.165) is 11.1 Å². The number of piperazine rings is 1. The van der Waals surface area contributed by atoms with Gasteiger partial charge in [-0.05, 0) is 43.2 Å². The molecular formula is C22H23ClFN3O2S. The molecule has 158 valence electrons. The maximum Gasteiger partial charge on any atom is 0.256 e. The van der Waals surface area contributed by atoms with Crippen molar-refractivity contribution in [3.63, 3.8) is 0 Å². The molecule has 2 fully saturated rings. The lowest BCUT2D eigenvalue weighted by Crippen LogP contribution is -2.50. The van der Waals surface area contributed by atoms with Gasteiger partial charge in [0.25, 0.3) is 11.8 Å². The highest BCUT2D eigenvalue weighted by Crippen LogP contribution is 2.35. The summed E-state index contributed by atoms with van der Waals surface area (Å²) in [6.07, 6.45) is 6.55. The number of hydrogen-bond donors (Lipinski definition) is 0. The van der Waals surface area contributed by atoms with Gasteiger partial charge in [-0.3, -0.25) is 9.59 Å². The normalized spacial score (nSPS) is 17.4. The summed E-state index contributed by atoms with van der Waals surface area (Å²) in [6, 6.07) is 7.40. The van der Waals surface area contributed by atoms with Crippen molar-refractivity contribution in [2.75, 3.05) is 26.2 Å². The molecule has 0 unspecified atom stereocenters. The molecule has 1 saturated carbocycles. The zero-order valence-electron chi connectivity index (χ0n) is 16.5. The third-order valence-corrected chi connectivity index (χ3v) is 7.26. The lowest BCUT2D eigenvalue weighted by Gasteiger charge is -2.35. The Morgan fingerprint density at radius 1 is 1.00 bits per heavy atom. The van der Waals surface area contributed by atoms with Crippen LogP contribution in [0.15, 0.2) is 41.6 Å². The first-order valence-electron chi connectivity index (χ1n) is 10.2. The molecule has 2 aliphatic rings. The van der Waals surface area contributed by atoms with Gasteiger partial charge in [0.05, 0.1) is 16.1 Å². The molecule has 1 aliphatic heterocycles. The fourth-order valence-corrected chi connectivity index (χ4v) is 5.46. The van der Waals surface area contributed by atoms with Gasteiger partial charge in [-0.2, -0.15) is 0 Å². The summed E-state index contributed by atoms with van der Waals surface area (Å²) in [6.45, 7) is 1.69. The molecular weight excluding hydrogens is 425 g/mol. The van der Waals surface area contributed by atoms with Gasteiger partial charge in [0.1, 0.15) is 10.8 Å². The summed E-state index contributed by atoms with van der Waals surface area (Å²) in [5.74, 6) is -0.767. The Morgan fingerprint density at radius 2 is 1.63 bits per heavy atom. The molecule has 0 radical (unpaired) electrons. The SMILES string of the molecule is O=C(c1ccc(F)cc1Cl)N1CCN(C(=O)c2cccnc2SC2CCCC2)CC1. The quantitative estimate of drug-likeness (QED) is 0.692. The minimum absolute atomic E-state index is 0.0458. The molecule has 1 aromatic carbocycles. The van der Waals surface area contributed by atoms with Gasteiger partial charge in [-0.25, -0.2) is 9.37 Å². The molecule has 2 heterocycles. The molecule has 0 atom stereocenters. The predicted octanol–water partition coefficient (Wildman–Crippen LogP) is 4.51. The second kappa shape index (κ2) is 9.35. The van der Waals surface area contributed by atoms with E-state index in [0.29, 0.717) is 37.0 Å². The maximum atomic E-state index is 13.3. The van der Waals surface area contributed by atoms with Crippen LogP contribution < -0.4 is 0 Å². The Hall–Kier alpha value is -2.12. The van der Waals surface area contributed by atoms with E-state index in [1.54, 1.807) is 33.8 Å². The number of halogens is 2. The van der Waals surface area contributed by atoms with E-state index in [-0.39, 0.29) is 22.4 Å². The number of aromatic nitrogens is 1. The first kappa shape index (κ1) is 21.1. The molecule has 4 rings (SSSR count). The number of amides is 2. The van der Waals surface area contributed by atoms with Crippen molar-refractivity contribution in [1.29, 1.82) is 0 Å². The van der Waals surface area contributed by atoms with E-state index in [1.165, 1.54) is 37.8 Å². The van der Waals surface area contributed by atoms with Crippen molar-refractivity contribution in [1.82, 2.24) is 14.8 Å². The lowest BCUT2D eigenvalue weighted by molar-refractivity contribution is 0.0533. The highest BCUT2D eigenvalue weighted by molar-refractivity contribution is 7.99. The van der Waals surface area contributed by atoms with Crippen LogP contribution >= 0.6 is 23.4 Å². The molecule has 1 saturated heterocycles. The highest BCUT2D eigenvalue weighted by Gasteiger charge is 2.28. The van der Waals surface area contributed by atoms with E-state index >= 15 is 0 Å². The Kier molecular flexibility index (Phi) is 6.58. The monoisotopic (exact) mass is 447 g/mol. The molecule has 0 N–H and O–H groups in total. The topological polar surface area (TPSA) is 53.5 Å². The van der Waals surface area contributed by atoms with Crippen LogP contribution in [0.1, 0.15) is 46.4 Å². The number of nitrogens with zero attached hydrogens (tertiary/aromatic N) is 3. The first-order chi connectivity index (χ1) is 14.5. The molecule has 0 bridgehead atoms. The van der Waals surface area contributed by atoms with Gasteiger partial charge in [0.15, 0.2) is 0 Å². The standard InChI is InChI=1S/C22H23ClFN3O2S/c23-19-14-15(24)7-8-17(19)21(28)26-10-12-27(13-11-26)22(29)18-6-3-9-25-20(18)30-16-4-1-2-5-16/h3,6-9,14,16H,1-2,4-5,10-13H2. The molecule has 0 spiro atoms. The van der Waals surface area contributed by atoms with Gasteiger partial charge in [-0.15, -0.1) is 11.8 Å². The average molecular weight is 448 g/mol. The van der Waals surface area contributed by atoms with Gasteiger partial charge in [-0.1, -0.05) is 24.4 Å². The Morgan fingerprint density at radius 3 is 2.27 bits per heavy atom. The van der Waals surface area contributed by atoms with Gasteiger partial charge in [0.2, 0.25) is 0 Å². The number of hydrogen-bond acceptors (Lipinski definition) is 4. The summed E-state index contributed by atoms with van der Waals surface area (Å²) < 4.78 is 13.3.